The highest BCUT2D eigenvalue weighted by Gasteiger charge is 1.93. The van der Waals surface area contributed by atoms with Crippen LogP contribution >= 0.6 is 11.6 Å². The molecule has 0 unspecified atom stereocenters. The number of nitrogens with zero attached hydrogens (tertiary/aromatic N) is 4. The van der Waals surface area contributed by atoms with Crippen LogP contribution in [0.1, 0.15) is 11.1 Å². The summed E-state index contributed by atoms with van der Waals surface area (Å²) in [4.78, 5) is 0. The van der Waals surface area contributed by atoms with E-state index in [1.165, 1.54) is 0 Å². The number of hydrogen-bond acceptors (Lipinski definition) is 5. The predicted molar refractivity (Wildman–Crippen MR) is 69.4 cm³/mol. The topological polar surface area (TPSA) is 74.0 Å². The van der Waals surface area contributed by atoms with Crippen LogP contribution in [-0.2, 0) is 0 Å². The van der Waals surface area contributed by atoms with Crippen molar-refractivity contribution in [1.82, 2.24) is 10.2 Å². The van der Waals surface area contributed by atoms with Gasteiger partial charge in [-0.25, -0.2) is 0 Å². The normalized spacial score (nSPS) is 10.2. The van der Waals surface area contributed by atoms with Gasteiger partial charge in [-0.1, -0.05) is 23.7 Å². The highest BCUT2D eigenvalue weighted by atomic mass is 35.5. The van der Waals surface area contributed by atoms with E-state index in [1.54, 1.807) is 42.6 Å². The first-order valence-electron chi connectivity index (χ1n) is 5.06. The van der Waals surface area contributed by atoms with Crippen LogP contribution in [0.15, 0.2) is 41.5 Å². The first-order valence-corrected chi connectivity index (χ1v) is 5.44. The maximum atomic E-state index is 8.65. The van der Waals surface area contributed by atoms with Gasteiger partial charge in [0.25, 0.3) is 0 Å². The molecule has 1 N–H and O–H groups in total. The van der Waals surface area contributed by atoms with Crippen LogP contribution in [0.3, 0.4) is 0 Å². The molecule has 2 aromatic rings. The van der Waals surface area contributed by atoms with E-state index in [0.29, 0.717) is 16.5 Å². The van der Waals surface area contributed by atoms with Crippen LogP contribution in [0.2, 0.25) is 5.15 Å². The second kappa shape index (κ2) is 5.75. The molecule has 5 nitrogen and oxygen atoms in total. The van der Waals surface area contributed by atoms with Crippen molar-refractivity contribution < 1.29 is 0 Å². The van der Waals surface area contributed by atoms with Crippen molar-refractivity contribution in [3.8, 4) is 6.07 Å². The molecule has 1 aromatic heterocycles. The third-order valence-electron chi connectivity index (χ3n) is 2.06. The Morgan fingerprint density at radius 2 is 1.94 bits per heavy atom. The summed E-state index contributed by atoms with van der Waals surface area (Å²) in [5.74, 6) is 0.504. The highest BCUT2D eigenvalue weighted by molar-refractivity contribution is 6.29. The average molecular weight is 258 g/mol. The van der Waals surface area contributed by atoms with Crippen molar-refractivity contribution in [2.45, 2.75) is 0 Å². The minimum atomic E-state index is 0.330. The lowest BCUT2D eigenvalue weighted by atomic mass is 10.2. The summed E-state index contributed by atoms with van der Waals surface area (Å²) >= 11 is 5.60. The van der Waals surface area contributed by atoms with Crippen molar-refractivity contribution in [2.75, 3.05) is 5.43 Å². The summed E-state index contributed by atoms with van der Waals surface area (Å²) in [6.45, 7) is 0. The Kier molecular flexibility index (Phi) is 3.84. The summed E-state index contributed by atoms with van der Waals surface area (Å²) in [7, 11) is 0. The molecule has 0 saturated carbocycles. The van der Waals surface area contributed by atoms with Crippen molar-refractivity contribution >= 4 is 23.6 Å². The number of nitrogens with one attached hydrogen (secondary N) is 1. The molecular weight excluding hydrogens is 250 g/mol. The van der Waals surface area contributed by atoms with Crippen LogP contribution in [0.5, 0.6) is 0 Å². The van der Waals surface area contributed by atoms with Gasteiger partial charge in [-0.3, -0.25) is 5.43 Å². The molecule has 1 aromatic carbocycles. The zero-order chi connectivity index (χ0) is 12.8. The lowest BCUT2D eigenvalue weighted by molar-refractivity contribution is 1.02. The van der Waals surface area contributed by atoms with Gasteiger partial charge >= 0.3 is 0 Å². The van der Waals surface area contributed by atoms with Gasteiger partial charge in [0.05, 0.1) is 17.8 Å². The first kappa shape index (κ1) is 12.0. The number of hydrazone groups is 1. The van der Waals surface area contributed by atoms with Crippen molar-refractivity contribution in [3.05, 3.63) is 52.7 Å². The molecule has 18 heavy (non-hydrogen) atoms. The molecule has 0 amide bonds. The van der Waals surface area contributed by atoms with E-state index in [-0.39, 0.29) is 0 Å². The number of aromatic nitrogens is 2. The third kappa shape index (κ3) is 3.27. The molecule has 1 heterocycles. The zero-order valence-electron chi connectivity index (χ0n) is 9.21. The summed E-state index contributed by atoms with van der Waals surface area (Å²) in [6, 6.07) is 12.4. The van der Waals surface area contributed by atoms with Crippen LogP contribution in [0, 0.1) is 11.3 Å². The van der Waals surface area contributed by atoms with Gasteiger partial charge in [0.2, 0.25) is 0 Å². The smallest absolute Gasteiger partial charge is 0.168 e. The van der Waals surface area contributed by atoms with Gasteiger partial charge in [-0.15, -0.1) is 10.2 Å². The standard InChI is InChI=1S/C12H8ClN5/c13-11-5-6-12(18-16-11)17-15-8-10-3-1-9(7-14)2-4-10/h1-6,8H,(H,17,18)/b15-8-. The lowest BCUT2D eigenvalue weighted by Gasteiger charge is -1.97. The third-order valence-corrected chi connectivity index (χ3v) is 2.27. The maximum Gasteiger partial charge on any atom is 0.168 e. The average Bonchev–Trinajstić information content (AvgIpc) is 2.42. The molecule has 0 radical (unpaired) electrons. The Morgan fingerprint density at radius 1 is 1.17 bits per heavy atom. The maximum absolute atomic E-state index is 8.65. The minimum absolute atomic E-state index is 0.330. The SMILES string of the molecule is N#Cc1ccc(/C=N\Nc2ccc(Cl)nn2)cc1. The molecule has 2 rings (SSSR count). The van der Waals surface area contributed by atoms with E-state index in [0.717, 1.165) is 5.56 Å². The number of halogens is 1. The van der Waals surface area contributed by atoms with Gasteiger partial charge in [0.15, 0.2) is 11.0 Å². The Hall–Kier alpha value is -2.45. The Balaban J connectivity index is 1.98. The quantitative estimate of drug-likeness (QED) is 0.677. The molecule has 0 aliphatic carbocycles. The number of anilines is 1. The summed E-state index contributed by atoms with van der Waals surface area (Å²) in [5, 5.41) is 20.4. The van der Waals surface area contributed by atoms with E-state index in [9.17, 15) is 0 Å². The van der Waals surface area contributed by atoms with Crippen molar-refractivity contribution in [1.29, 1.82) is 5.26 Å². The number of hydrogen-bond donors (Lipinski definition) is 1. The van der Waals surface area contributed by atoms with E-state index >= 15 is 0 Å². The van der Waals surface area contributed by atoms with Gasteiger partial charge < -0.3 is 0 Å². The first-order chi connectivity index (χ1) is 8.78. The zero-order valence-corrected chi connectivity index (χ0v) is 9.96. The van der Waals surface area contributed by atoms with Gasteiger partial charge in [0.1, 0.15) is 0 Å². The molecular formula is C12H8ClN5. The summed E-state index contributed by atoms with van der Waals surface area (Å²) in [6.07, 6.45) is 1.62. The molecule has 0 fully saturated rings. The van der Waals surface area contributed by atoms with Gasteiger partial charge in [-0.05, 0) is 29.8 Å². The molecule has 6 heteroatoms. The Morgan fingerprint density at radius 3 is 2.56 bits per heavy atom. The van der Waals surface area contributed by atoms with Crippen LogP contribution in [0.4, 0.5) is 5.82 Å². The van der Waals surface area contributed by atoms with Crippen LogP contribution in [-0.4, -0.2) is 16.4 Å². The second-order valence-electron chi connectivity index (χ2n) is 3.35. The van der Waals surface area contributed by atoms with Crippen LogP contribution < -0.4 is 5.43 Å². The highest BCUT2D eigenvalue weighted by Crippen LogP contribution is 2.06. The largest absolute Gasteiger partial charge is 0.260 e. The van der Waals surface area contributed by atoms with E-state index < -0.39 is 0 Å². The Bertz CT molecular complexity index is 583. The summed E-state index contributed by atoms with van der Waals surface area (Å²) in [5.41, 5.74) is 4.21. The molecule has 0 bridgehead atoms. The van der Waals surface area contributed by atoms with Crippen molar-refractivity contribution in [2.24, 2.45) is 5.10 Å². The monoisotopic (exact) mass is 257 g/mol. The fourth-order valence-corrected chi connectivity index (χ4v) is 1.29. The van der Waals surface area contributed by atoms with E-state index in [2.05, 4.69) is 26.8 Å². The fourth-order valence-electron chi connectivity index (χ4n) is 1.19. The van der Waals surface area contributed by atoms with Gasteiger partial charge in [-0.2, -0.15) is 10.4 Å². The van der Waals surface area contributed by atoms with Crippen LogP contribution in [0.25, 0.3) is 0 Å². The van der Waals surface area contributed by atoms with E-state index in [4.69, 9.17) is 16.9 Å². The number of benzene rings is 1. The minimum Gasteiger partial charge on any atom is -0.260 e. The molecule has 88 valence electrons. The predicted octanol–water partition coefficient (Wildman–Crippen LogP) is 2.45. The molecule has 0 spiro atoms. The van der Waals surface area contributed by atoms with Crippen molar-refractivity contribution in [3.63, 3.8) is 0 Å². The molecule has 0 atom stereocenters. The summed E-state index contributed by atoms with van der Waals surface area (Å²) < 4.78 is 0. The molecule has 0 aliphatic rings. The Labute approximate surface area is 109 Å². The molecule has 0 saturated heterocycles. The molecule has 0 aliphatic heterocycles. The van der Waals surface area contributed by atoms with Gasteiger partial charge in [0, 0.05) is 0 Å². The fraction of sp³-hybridized carbons (Fsp3) is 0. The van der Waals surface area contributed by atoms with E-state index in [1.807, 2.05) is 0 Å². The number of nitriles is 1. The second-order valence-corrected chi connectivity index (χ2v) is 3.73. The lowest BCUT2D eigenvalue weighted by Crippen LogP contribution is -1.94. The number of rotatable bonds is 3.